The van der Waals surface area contributed by atoms with Crippen LogP contribution in [0.25, 0.3) is 0 Å². The molecule has 0 spiro atoms. The molecule has 1 aliphatic carbocycles. The number of hydrogen-bond donors (Lipinski definition) is 5. The molecule has 5 N–H and O–H groups in total. The summed E-state index contributed by atoms with van der Waals surface area (Å²) >= 11 is 0. The van der Waals surface area contributed by atoms with Crippen LogP contribution in [0.4, 0.5) is 4.79 Å². The molecule has 1 aromatic rings. The number of rotatable bonds is 20. The number of ketones is 2. The second-order valence-corrected chi connectivity index (χ2v) is 14.5. The SMILES string of the molecule is CC(C)COC(=O)N[C@H](C(=O)N[C@@H](CC(C)C)C(=O)NC(CC(C)C)C(=O)C(=O)NCC(=O)CC(C(=O)O)c1ccccc1)C1CCCCC1. The van der Waals surface area contributed by atoms with E-state index in [1.165, 1.54) is 0 Å². The van der Waals surface area contributed by atoms with E-state index in [0.717, 1.165) is 32.1 Å². The van der Waals surface area contributed by atoms with Gasteiger partial charge in [0.1, 0.15) is 12.1 Å². The first kappa shape index (κ1) is 41.9. The summed E-state index contributed by atoms with van der Waals surface area (Å²) in [4.78, 5) is 90.7. The first-order valence-corrected chi connectivity index (χ1v) is 17.7. The molecule has 2 unspecified atom stereocenters. The highest BCUT2D eigenvalue weighted by Crippen LogP contribution is 2.27. The molecular weight excluding hydrogens is 644 g/mol. The predicted octanol–water partition coefficient (Wildman–Crippen LogP) is 3.89. The summed E-state index contributed by atoms with van der Waals surface area (Å²) in [6, 6.07) is 4.99. The fourth-order valence-corrected chi connectivity index (χ4v) is 5.97. The van der Waals surface area contributed by atoms with Gasteiger partial charge in [0.05, 0.1) is 25.1 Å². The lowest BCUT2D eigenvalue weighted by atomic mass is 9.83. The molecule has 0 saturated heterocycles. The first-order chi connectivity index (χ1) is 23.6. The molecule has 4 atom stereocenters. The molecule has 2 rings (SSSR count). The van der Waals surface area contributed by atoms with E-state index < -0.39 is 71.9 Å². The van der Waals surface area contributed by atoms with E-state index in [4.69, 9.17) is 4.74 Å². The Morgan fingerprint density at radius 3 is 1.90 bits per heavy atom. The number of ether oxygens (including phenoxy) is 1. The average molecular weight is 701 g/mol. The van der Waals surface area contributed by atoms with E-state index in [1.54, 1.807) is 30.3 Å². The van der Waals surface area contributed by atoms with Gasteiger partial charge in [0, 0.05) is 6.42 Å². The second-order valence-electron chi connectivity index (χ2n) is 14.5. The van der Waals surface area contributed by atoms with Gasteiger partial charge in [0.15, 0.2) is 5.78 Å². The van der Waals surface area contributed by atoms with Crippen molar-refractivity contribution in [3.8, 4) is 0 Å². The van der Waals surface area contributed by atoms with Crippen LogP contribution < -0.4 is 21.3 Å². The molecule has 0 aliphatic heterocycles. The standard InChI is InChI=1S/C37H56N4O9/c1-22(2)17-29(32(43)35(46)38-20-27(42)19-28(36(47)48)25-13-9-7-10-14-25)39-33(44)30(18-23(3)4)40-34(45)31(26-15-11-8-12-16-26)41-37(49)50-21-24(5)6/h7,9-10,13-14,22-24,26,28-31H,8,11-12,15-21H2,1-6H3,(H,38,46)(H,39,44)(H,40,45)(H,41,49)(H,47,48)/t28?,29?,30-,31-/m0/s1. The van der Waals surface area contributed by atoms with Gasteiger partial charge in [-0.15, -0.1) is 0 Å². The van der Waals surface area contributed by atoms with Gasteiger partial charge in [-0.3, -0.25) is 28.8 Å². The highest BCUT2D eigenvalue weighted by Gasteiger charge is 2.36. The second kappa shape index (κ2) is 21.0. The molecule has 0 bridgehead atoms. The highest BCUT2D eigenvalue weighted by atomic mass is 16.5. The Bertz CT molecular complexity index is 1310. The molecule has 13 heteroatoms. The largest absolute Gasteiger partial charge is 0.481 e. The summed E-state index contributed by atoms with van der Waals surface area (Å²) in [5, 5.41) is 20.1. The van der Waals surface area contributed by atoms with Crippen LogP contribution in [0.3, 0.4) is 0 Å². The lowest BCUT2D eigenvalue weighted by molar-refractivity contribution is -0.142. The van der Waals surface area contributed by atoms with Crippen molar-refractivity contribution in [2.45, 2.75) is 117 Å². The molecule has 50 heavy (non-hydrogen) atoms. The van der Waals surface area contributed by atoms with Crippen molar-refractivity contribution in [2.75, 3.05) is 13.2 Å². The third-order valence-corrected chi connectivity index (χ3v) is 8.51. The zero-order chi connectivity index (χ0) is 37.4. The summed E-state index contributed by atoms with van der Waals surface area (Å²) in [6.07, 6.45) is 3.55. The Morgan fingerprint density at radius 1 is 0.760 bits per heavy atom. The summed E-state index contributed by atoms with van der Waals surface area (Å²) < 4.78 is 5.28. The Kier molecular flexibility index (Phi) is 17.6. The number of carbonyl (C=O) groups excluding carboxylic acids is 6. The van der Waals surface area contributed by atoms with Gasteiger partial charge in [-0.2, -0.15) is 0 Å². The monoisotopic (exact) mass is 700 g/mol. The van der Waals surface area contributed by atoms with E-state index in [1.807, 2.05) is 41.5 Å². The Balaban J connectivity index is 2.14. The van der Waals surface area contributed by atoms with E-state index in [-0.39, 0.29) is 49.5 Å². The molecule has 0 radical (unpaired) electrons. The summed E-state index contributed by atoms with van der Waals surface area (Å²) in [5.74, 6) is -6.34. The molecule has 1 aromatic carbocycles. The molecule has 4 amide bonds. The third kappa shape index (κ3) is 14.7. The van der Waals surface area contributed by atoms with Crippen molar-refractivity contribution in [2.24, 2.45) is 23.7 Å². The fraction of sp³-hybridized carbons (Fsp3) is 0.649. The highest BCUT2D eigenvalue weighted by molar-refractivity contribution is 6.38. The predicted molar refractivity (Wildman–Crippen MR) is 187 cm³/mol. The molecule has 0 heterocycles. The number of hydrogen-bond acceptors (Lipinski definition) is 8. The quantitative estimate of drug-likeness (QED) is 0.125. The molecule has 13 nitrogen and oxygen atoms in total. The number of nitrogens with one attached hydrogen (secondary N) is 4. The number of aliphatic carboxylic acids is 1. The maximum Gasteiger partial charge on any atom is 0.407 e. The number of carbonyl (C=O) groups is 7. The first-order valence-electron chi connectivity index (χ1n) is 17.7. The zero-order valence-electron chi connectivity index (χ0n) is 30.3. The van der Waals surface area contributed by atoms with Crippen LogP contribution in [0.1, 0.15) is 104 Å². The fourth-order valence-electron chi connectivity index (χ4n) is 5.97. The van der Waals surface area contributed by atoms with Crippen molar-refractivity contribution >= 4 is 41.4 Å². The number of Topliss-reactive ketones (excluding diaryl/α,β-unsaturated/α-hetero) is 2. The summed E-state index contributed by atoms with van der Waals surface area (Å²) in [6.45, 7) is 10.8. The number of benzene rings is 1. The minimum Gasteiger partial charge on any atom is -0.481 e. The van der Waals surface area contributed by atoms with E-state index >= 15 is 0 Å². The Labute approximate surface area is 295 Å². The number of amides is 4. The van der Waals surface area contributed by atoms with Gasteiger partial charge in [0.25, 0.3) is 5.91 Å². The van der Waals surface area contributed by atoms with Crippen LogP contribution in [0.15, 0.2) is 30.3 Å². The van der Waals surface area contributed by atoms with Crippen LogP contribution in [-0.2, 0) is 33.5 Å². The van der Waals surface area contributed by atoms with E-state index in [2.05, 4.69) is 21.3 Å². The zero-order valence-corrected chi connectivity index (χ0v) is 30.3. The normalized spacial score (nSPS) is 15.8. The van der Waals surface area contributed by atoms with Crippen molar-refractivity contribution in [3.63, 3.8) is 0 Å². The Morgan fingerprint density at radius 2 is 1.34 bits per heavy atom. The Hall–Kier alpha value is -4.29. The molecule has 1 fully saturated rings. The number of carboxylic acids is 1. The average Bonchev–Trinajstić information content (AvgIpc) is 3.06. The van der Waals surface area contributed by atoms with Crippen LogP contribution in [0, 0.1) is 23.7 Å². The van der Waals surface area contributed by atoms with Crippen LogP contribution in [0.2, 0.25) is 0 Å². The maximum absolute atomic E-state index is 13.7. The summed E-state index contributed by atoms with van der Waals surface area (Å²) in [7, 11) is 0. The molecular formula is C37H56N4O9. The lowest BCUT2D eigenvalue weighted by Gasteiger charge is -2.31. The third-order valence-electron chi connectivity index (χ3n) is 8.51. The van der Waals surface area contributed by atoms with Crippen LogP contribution in [0.5, 0.6) is 0 Å². The van der Waals surface area contributed by atoms with Crippen molar-refractivity contribution in [3.05, 3.63) is 35.9 Å². The smallest absolute Gasteiger partial charge is 0.407 e. The van der Waals surface area contributed by atoms with Gasteiger partial charge in [0.2, 0.25) is 17.6 Å². The molecule has 1 aliphatic rings. The molecule has 278 valence electrons. The van der Waals surface area contributed by atoms with Gasteiger partial charge >= 0.3 is 12.1 Å². The van der Waals surface area contributed by atoms with Gasteiger partial charge in [-0.1, -0.05) is 91.1 Å². The van der Waals surface area contributed by atoms with Crippen molar-refractivity contribution in [1.82, 2.24) is 21.3 Å². The van der Waals surface area contributed by atoms with Gasteiger partial charge in [-0.05, 0) is 54.9 Å². The van der Waals surface area contributed by atoms with Gasteiger partial charge in [-0.25, -0.2) is 4.79 Å². The number of carboxylic acid groups (broad SMARTS) is 1. The van der Waals surface area contributed by atoms with Gasteiger partial charge < -0.3 is 31.1 Å². The number of alkyl carbamates (subject to hydrolysis) is 1. The minimum absolute atomic E-state index is 0.0396. The van der Waals surface area contributed by atoms with E-state index in [0.29, 0.717) is 5.56 Å². The topological polar surface area (TPSA) is 197 Å². The minimum atomic E-state index is -1.25. The maximum atomic E-state index is 13.7. The lowest BCUT2D eigenvalue weighted by Crippen LogP contribution is -2.58. The molecule has 1 saturated carbocycles. The van der Waals surface area contributed by atoms with Crippen molar-refractivity contribution < 1.29 is 43.4 Å². The van der Waals surface area contributed by atoms with Crippen LogP contribution >= 0.6 is 0 Å². The van der Waals surface area contributed by atoms with Crippen LogP contribution in [-0.4, -0.2) is 77.7 Å². The summed E-state index contributed by atoms with van der Waals surface area (Å²) in [5.41, 5.74) is 0.436. The van der Waals surface area contributed by atoms with Crippen molar-refractivity contribution in [1.29, 1.82) is 0 Å². The molecule has 0 aromatic heterocycles. The van der Waals surface area contributed by atoms with E-state index in [9.17, 15) is 38.7 Å².